The number of likely N-dealkylation sites (tertiary alicyclic amines) is 1. The van der Waals surface area contributed by atoms with Crippen molar-refractivity contribution in [1.29, 1.82) is 0 Å². The van der Waals surface area contributed by atoms with Crippen LogP contribution < -0.4 is 0 Å². The first-order valence-corrected chi connectivity index (χ1v) is 7.04. The number of hydrogen-bond acceptors (Lipinski definition) is 4. The van der Waals surface area contributed by atoms with Crippen LogP contribution >= 0.6 is 0 Å². The molecule has 0 radical (unpaired) electrons. The van der Waals surface area contributed by atoms with Crippen LogP contribution in [-0.4, -0.2) is 40.5 Å². The fourth-order valence-corrected chi connectivity index (χ4v) is 2.95. The van der Waals surface area contributed by atoms with Crippen molar-refractivity contribution in [2.75, 3.05) is 20.2 Å². The van der Waals surface area contributed by atoms with E-state index in [0.29, 0.717) is 11.6 Å². The van der Waals surface area contributed by atoms with Crippen LogP contribution in [0.3, 0.4) is 0 Å². The highest BCUT2D eigenvalue weighted by Gasteiger charge is 2.26. The molecule has 1 aliphatic rings. The predicted octanol–water partition coefficient (Wildman–Crippen LogP) is 2.28. The molecule has 0 bridgehead atoms. The lowest BCUT2D eigenvalue weighted by Crippen LogP contribution is -2.22. The zero-order valence-corrected chi connectivity index (χ0v) is 11.9. The van der Waals surface area contributed by atoms with Crippen LogP contribution in [-0.2, 0) is 4.74 Å². The number of ether oxygens (including phenoxy) is 1. The number of nitrogens with zero attached hydrogens (tertiary/aromatic N) is 3. The molecule has 3 rings (SSSR count). The Bertz CT molecular complexity index is 635. The summed E-state index contributed by atoms with van der Waals surface area (Å²) in [6.07, 6.45) is 6.31. The van der Waals surface area contributed by atoms with Gasteiger partial charge in [0.05, 0.1) is 24.4 Å². The second kappa shape index (κ2) is 5.25. The normalized spacial score (nSPS) is 19.6. The molecule has 1 fully saturated rings. The maximum Gasteiger partial charge on any atom is 0.338 e. The average molecular weight is 273 g/mol. The SMILES string of the molecule is CCN1CCCC1c1cn2ccc(C(=O)OC)cc2n1. The van der Waals surface area contributed by atoms with E-state index in [-0.39, 0.29) is 5.97 Å². The number of esters is 1. The Morgan fingerprint density at radius 3 is 3.15 bits per heavy atom. The van der Waals surface area contributed by atoms with Gasteiger partial charge >= 0.3 is 5.97 Å². The summed E-state index contributed by atoms with van der Waals surface area (Å²) in [6.45, 7) is 4.37. The molecule has 106 valence electrons. The molecule has 3 heterocycles. The summed E-state index contributed by atoms with van der Waals surface area (Å²) in [4.78, 5) is 18.7. The first-order valence-electron chi connectivity index (χ1n) is 7.04. The van der Waals surface area contributed by atoms with Crippen molar-refractivity contribution < 1.29 is 9.53 Å². The van der Waals surface area contributed by atoms with Crippen LogP contribution in [0, 0.1) is 0 Å². The Balaban J connectivity index is 1.96. The molecule has 0 aliphatic carbocycles. The summed E-state index contributed by atoms with van der Waals surface area (Å²) < 4.78 is 6.71. The Labute approximate surface area is 118 Å². The molecule has 0 N–H and O–H groups in total. The van der Waals surface area contributed by atoms with Gasteiger partial charge in [-0.1, -0.05) is 6.92 Å². The first kappa shape index (κ1) is 13.1. The highest BCUT2D eigenvalue weighted by Crippen LogP contribution is 2.30. The van der Waals surface area contributed by atoms with Crippen LogP contribution in [0.5, 0.6) is 0 Å². The Hall–Kier alpha value is -1.88. The van der Waals surface area contributed by atoms with Gasteiger partial charge in [0.2, 0.25) is 0 Å². The number of carbonyl (C=O) groups excluding carboxylic acids is 1. The largest absolute Gasteiger partial charge is 0.465 e. The number of hydrogen-bond donors (Lipinski definition) is 0. The maximum absolute atomic E-state index is 11.6. The first-order chi connectivity index (χ1) is 9.72. The van der Waals surface area contributed by atoms with Gasteiger partial charge in [-0.05, 0) is 38.1 Å². The van der Waals surface area contributed by atoms with Gasteiger partial charge in [-0.3, -0.25) is 4.90 Å². The summed E-state index contributed by atoms with van der Waals surface area (Å²) >= 11 is 0. The van der Waals surface area contributed by atoms with E-state index in [1.54, 1.807) is 12.1 Å². The summed E-state index contributed by atoms with van der Waals surface area (Å²) in [5.41, 5.74) is 2.42. The molecule has 1 saturated heterocycles. The molecular weight excluding hydrogens is 254 g/mol. The lowest BCUT2D eigenvalue weighted by molar-refractivity contribution is 0.0600. The quantitative estimate of drug-likeness (QED) is 0.805. The third-order valence-electron chi connectivity index (χ3n) is 4.01. The molecule has 1 aliphatic heterocycles. The van der Waals surface area contributed by atoms with Crippen molar-refractivity contribution in [3.05, 3.63) is 35.8 Å². The molecular formula is C15H19N3O2. The fourth-order valence-electron chi connectivity index (χ4n) is 2.95. The average Bonchev–Trinajstić information content (AvgIpc) is 3.10. The topological polar surface area (TPSA) is 46.8 Å². The van der Waals surface area contributed by atoms with E-state index in [2.05, 4.69) is 23.0 Å². The number of fused-ring (bicyclic) bond motifs is 1. The van der Waals surface area contributed by atoms with Crippen LogP contribution in [0.2, 0.25) is 0 Å². The van der Waals surface area contributed by atoms with Gasteiger partial charge in [-0.2, -0.15) is 0 Å². The van der Waals surface area contributed by atoms with Crippen molar-refractivity contribution >= 4 is 11.6 Å². The number of aromatic nitrogens is 2. The molecule has 0 aromatic carbocycles. The molecule has 20 heavy (non-hydrogen) atoms. The minimum atomic E-state index is -0.326. The molecule has 0 amide bonds. The second-order valence-corrected chi connectivity index (χ2v) is 5.12. The molecule has 1 atom stereocenters. The van der Waals surface area contributed by atoms with Gasteiger partial charge in [0.15, 0.2) is 0 Å². The van der Waals surface area contributed by atoms with Crippen LogP contribution in [0.25, 0.3) is 5.65 Å². The number of carbonyl (C=O) groups is 1. The lowest BCUT2D eigenvalue weighted by atomic mass is 10.1. The summed E-state index contributed by atoms with van der Waals surface area (Å²) in [5, 5.41) is 0. The van der Waals surface area contributed by atoms with Crippen molar-refractivity contribution in [3.63, 3.8) is 0 Å². The molecule has 2 aromatic heterocycles. The van der Waals surface area contributed by atoms with Crippen molar-refractivity contribution in [1.82, 2.24) is 14.3 Å². The van der Waals surface area contributed by atoms with Crippen molar-refractivity contribution in [2.24, 2.45) is 0 Å². The zero-order chi connectivity index (χ0) is 14.1. The van der Waals surface area contributed by atoms with Crippen LogP contribution in [0.4, 0.5) is 0 Å². The van der Waals surface area contributed by atoms with Gasteiger partial charge in [0, 0.05) is 12.4 Å². The zero-order valence-electron chi connectivity index (χ0n) is 11.9. The van der Waals surface area contributed by atoms with E-state index >= 15 is 0 Å². The molecule has 2 aromatic rings. The summed E-state index contributed by atoms with van der Waals surface area (Å²) in [5.74, 6) is -0.326. The predicted molar refractivity (Wildman–Crippen MR) is 75.8 cm³/mol. The van der Waals surface area contributed by atoms with Crippen molar-refractivity contribution in [2.45, 2.75) is 25.8 Å². The van der Waals surface area contributed by atoms with Crippen molar-refractivity contribution in [3.8, 4) is 0 Å². The minimum Gasteiger partial charge on any atom is -0.465 e. The summed E-state index contributed by atoms with van der Waals surface area (Å²) in [7, 11) is 1.39. The monoisotopic (exact) mass is 273 g/mol. The van der Waals surface area contributed by atoms with Gasteiger partial charge in [-0.15, -0.1) is 0 Å². The second-order valence-electron chi connectivity index (χ2n) is 5.12. The molecule has 0 saturated carbocycles. The Kier molecular flexibility index (Phi) is 3.44. The highest BCUT2D eigenvalue weighted by atomic mass is 16.5. The standard InChI is InChI=1S/C15H19N3O2/c1-3-17-7-4-5-13(17)12-10-18-8-6-11(15(19)20-2)9-14(18)16-12/h6,8-10,13H,3-5,7H2,1-2H3. The lowest BCUT2D eigenvalue weighted by Gasteiger charge is -2.20. The third-order valence-corrected chi connectivity index (χ3v) is 4.01. The van der Waals surface area contributed by atoms with E-state index in [4.69, 9.17) is 4.74 Å². The van der Waals surface area contributed by atoms with E-state index < -0.39 is 0 Å². The van der Waals surface area contributed by atoms with Gasteiger partial charge in [0.1, 0.15) is 5.65 Å². The molecule has 0 spiro atoms. The van der Waals surface area contributed by atoms with E-state index in [1.807, 2.05) is 10.6 Å². The number of imidazole rings is 1. The summed E-state index contributed by atoms with van der Waals surface area (Å²) in [6, 6.07) is 3.94. The highest BCUT2D eigenvalue weighted by molar-refractivity contribution is 5.90. The Morgan fingerprint density at radius 2 is 2.40 bits per heavy atom. The smallest absolute Gasteiger partial charge is 0.338 e. The van der Waals surface area contributed by atoms with Crippen LogP contribution in [0.15, 0.2) is 24.5 Å². The van der Waals surface area contributed by atoms with E-state index in [0.717, 1.165) is 30.9 Å². The third kappa shape index (κ3) is 2.18. The maximum atomic E-state index is 11.6. The fraction of sp³-hybridized carbons (Fsp3) is 0.467. The van der Waals surface area contributed by atoms with Gasteiger partial charge in [-0.25, -0.2) is 9.78 Å². The molecule has 5 heteroatoms. The molecule has 5 nitrogen and oxygen atoms in total. The van der Waals surface area contributed by atoms with Crippen LogP contribution in [0.1, 0.15) is 41.9 Å². The minimum absolute atomic E-state index is 0.326. The van der Waals surface area contributed by atoms with E-state index in [1.165, 1.54) is 13.5 Å². The van der Waals surface area contributed by atoms with E-state index in [9.17, 15) is 4.79 Å². The number of pyridine rings is 1. The molecule has 1 unspecified atom stereocenters. The number of rotatable bonds is 3. The Morgan fingerprint density at radius 1 is 1.55 bits per heavy atom. The van der Waals surface area contributed by atoms with Gasteiger partial charge < -0.3 is 9.14 Å². The van der Waals surface area contributed by atoms with Gasteiger partial charge in [0.25, 0.3) is 0 Å². The number of methoxy groups -OCH3 is 1.